The van der Waals surface area contributed by atoms with Crippen molar-refractivity contribution in [2.24, 2.45) is 0 Å². The first-order valence-corrected chi connectivity index (χ1v) is 10.3. The number of nitrogens with one attached hydrogen (secondary N) is 3. The maximum absolute atomic E-state index is 12.5. The van der Waals surface area contributed by atoms with Crippen LogP contribution in [0.25, 0.3) is 0 Å². The predicted molar refractivity (Wildman–Crippen MR) is 116 cm³/mol. The normalized spacial score (nSPS) is 13.2. The summed E-state index contributed by atoms with van der Waals surface area (Å²) in [4.78, 5) is 26.7. The van der Waals surface area contributed by atoms with Gasteiger partial charge in [-0.15, -0.1) is 0 Å². The quantitative estimate of drug-likeness (QED) is 0.607. The first-order valence-electron chi connectivity index (χ1n) is 10.3. The number of carbonyl (C=O) groups is 2. The minimum atomic E-state index is -0.200. The summed E-state index contributed by atoms with van der Waals surface area (Å²) in [5, 5.41) is 8.66. The number of benzene rings is 2. The molecule has 2 aromatic rings. The molecular formula is C23H30N4O2. The SMILES string of the molecule is CCN(CC)Cc1ccccc1CNC(=O)c1ccc(NC(=O)NC2CC2)cc1. The monoisotopic (exact) mass is 394 g/mol. The van der Waals surface area contributed by atoms with Crippen LogP contribution in [0.2, 0.25) is 0 Å². The number of hydrogen-bond donors (Lipinski definition) is 3. The standard InChI is InChI=1S/C23H30N4O2/c1-3-27(4-2)16-19-8-6-5-7-18(19)15-24-22(28)17-9-11-20(12-10-17)25-23(29)26-21-13-14-21/h5-12,21H,3-4,13-16H2,1-2H3,(H,24,28)(H2,25,26,29). The summed E-state index contributed by atoms with van der Waals surface area (Å²) in [6, 6.07) is 15.3. The van der Waals surface area contributed by atoms with Crippen LogP contribution in [-0.4, -0.2) is 36.0 Å². The number of rotatable bonds is 9. The van der Waals surface area contributed by atoms with Gasteiger partial charge in [-0.2, -0.15) is 0 Å². The molecule has 0 unspecified atom stereocenters. The Hall–Kier alpha value is -2.86. The predicted octanol–water partition coefficient (Wildman–Crippen LogP) is 3.74. The van der Waals surface area contributed by atoms with Crippen LogP contribution in [0.15, 0.2) is 48.5 Å². The van der Waals surface area contributed by atoms with E-state index in [0.717, 1.165) is 38.0 Å². The molecule has 1 fully saturated rings. The highest BCUT2D eigenvalue weighted by molar-refractivity contribution is 5.95. The van der Waals surface area contributed by atoms with Crippen molar-refractivity contribution in [1.82, 2.24) is 15.5 Å². The van der Waals surface area contributed by atoms with Gasteiger partial charge in [-0.3, -0.25) is 9.69 Å². The van der Waals surface area contributed by atoms with E-state index in [1.165, 1.54) is 5.56 Å². The molecule has 0 radical (unpaired) electrons. The van der Waals surface area contributed by atoms with Crippen LogP contribution in [0.1, 0.15) is 48.2 Å². The molecule has 0 aromatic heterocycles. The molecule has 6 heteroatoms. The molecule has 6 nitrogen and oxygen atoms in total. The van der Waals surface area contributed by atoms with Gasteiger partial charge in [0.05, 0.1) is 0 Å². The Kier molecular flexibility index (Phi) is 7.25. The Morgan fingerprint density at radius 3 is 2.24 bits per heavy atom. The Morgan fingerprint density at radius 2 is 1.62 bits per heavy atom. The fourth-order valence-electron chi connectivity index (χ4n) is 3.14. The zero-order valence-electron chi connectivity index (χ0n) is 17.2. The highest BCUT2D eigenvalue weighted by atomic mass is 16.2. The molecule has 1 aliphatic rings. The van der Waals surface area contributed by atoms with Gasteiger partial charge in [0.25, 0.3) is 5.91 Å². The minimum Gasteiger partial charge on any atom is -0.348 e. The molecule has 0 bridgehead atoms. The first kappa shape index (κ1) is 20.9. The zero-order valence-corrected chi connectivity index (χ0v) is 17.2. The second-order valence-corrected chi connectivity index (χ2v) is 7.36. The van der Waals surface area contributed by atoms with Crippen LogP contribution in [0.5, 0.6) is 0 Å². The lowest BCUT2D eigenvalue weighted by atomic mass is 10.1. The number of anilines is 1. The Morgan fingerprint density at radius 1 is 0.966 bits per heavy atom. The van der Waals surface area contributed by atoms with Gasteiger partial charge < -0.3 is 16.0 Å². The van der Waals surface area contributed by atoms with Crippen molar-refractivity contribution >= 4 is 17.6 Å². The molecule has 0 heterocycles. The summed E-state index contributed by atoms with van der Waals surface area (Å²) in [5.41, 5.74) is 3.60. The number of nitrogens with zero attached hydrogens (tertiary/aromatic N) is 1. The van der Waals surface area contributed by atoms with Gasteiger partial charge in [-0.25, -0.2) is 4.79 Å². The molecule has 2 aromatic carbocycles. The number of amides is 3. The Balaban J connectivity index is 1.54. The summed E-state index contributed by atoms with van der Waals surface area (Å²) in [5.74, 6) is -0.128. The number of urea groups is 1. The van der Waals surface area contributed by atoms with Gasteiger partial charge in [-0.05, 0) is 61.3 Å². The molecule has 0 aliphatic heterocycles. The first-order chi connectivity index (χ1) is 14.1. The van der Waals surface area contributed by atoms with E-state index < -0.39 is 0 Å². The van der Waals surface area contributed by atoms with E-state index in [4.69, 9.17) is 0 Å². The van der Waals surface area contributed by atoms with E-state index in [9.17, 15) is 9.59 Å². The molecule has 3 amide bonds. The van der Waals surface area contributed by atoms with E-state index >= 15 is 0 Å². The van der Waals surface area contributed by atoms with Crippen LogP contribution in [0.3, 0.4) is 0 Å². The van der Waals surface area contributed by atoms with E-state index in [2.05, 4.69) is 46.8 Å². The summed E-state index contributed by atoms with van der Waals surface area (Å²) < 4.78 is 0. The number of carbonyl (C=O) groups excluding carboxylic acids is 2. The molecule has 154 valence electrons. The van der Waals surface area contributed by atoms with Gasteiger partial charge in [-0.1, -0.05) is 38.1 Å². The van der Waals surface area contributed by atoms with Gasteiger partial charge in [0, 0.05) is 30.4 Å². The second kappa shape index (κ2) is 10.1. The lowest BCUT2D eigenvalue weighted by Gasteiger charge is -2.20. The third-order valence-corrected chi connectivity index (χ3v) is 5.16. The van der Waals surface area contributed by atoms with Crippen LogP contribution in [0.4, 0.5) is 10.5 Å². The maximum Gasteiger partial charge on any atom is 0.319 e. The summed E-state index contributed by atoms with van der Waals surface area (Å²) in [6.45, 7) is 7.67. The summed E-state index contributed by atoms with van der Waals surface area (Å²) >= 11 is 0. The number of hydrogen-bond acceptors (Lipinski definition) is 3. The van der Waals surface area contributed by atoms with E-state index in [0.29, 0.717) is 23.8 Å². The fraction of sp³-hybridized carbons (Fsp3) is 0.391. The molecule has 3 N–H and O–H groups in total. The molecule has 0 saturated heterocycles. The van der Waals surface area contributed by atoms with Crippen LogP contribution in [-0.2, 0) is 13.1 Å². The highest BCUT2D eigenvalue weighted by Crippen LogP contribution is 2.19. The smallest absolute Gasteiger partial charge is 0.319 e. The molecule has 1 aliphatic carbocycles. The molecule has 0 atom stereocenters. The lowest BCUT2D eigenvalue weighted by Crippen LogP contribution is -2.30. The average Bonchev–Trinajstić information content (AvgIpc) is 3.55. The molecule has 3 rings (SSSR count). The van der Waals surface area contributed by atoms with Crippen molar-refractivity contribution in [1.29, 1.82) is 0 Å². The van der Waals surface area contributed by atoms with Gasteiger partial charge in [0.15, 0.2) is 0 Å². The maximum atomic E-state index is 12.5. The highest BCUT2D eigenvalue weighted by Gasteiger charge is 2.23. The fourth-order valence-corrected chi connectivity index (χ4v) is 3.14. The van der Waals surface area contributed by atoms with Crippen molar-refractivity contribution in [3.63, 3.8) is 0 Å². The second-order valence-electron chi connectivity index (χ2n) is 7.36. The zero-order chi connectivity index (χ0) is 20.6. The third kappa shape index (κ3) is 6.32. The average molecular weight is 395 g/mol. The minimum absolute atomic E-state index is 0.128. The molecule has 1 saturated carbocycles. The van der Waals surface area contributed by atoms with Crippen LogP contribution < -0.4 is 16.0 Å². The summed E-state index contributed by atoms with van der Waals surface area (Å²) in [6.07, 6.45) is 2.09. The van der Waals surface area contributed by atoms with Crippen LogP contribution >= 0.6 is 0 Å². The molecule has 29 heavy (non-hydrogen) atoms. The van der Waals surface area contributed by atoms with Gasteiger partial charge in [0.1, 0.15) is 0 Å². The van der Waals surface area contributed by atoms with Gasteiger partial charge in [0.2, 0.25) is 0 Å². The lowest BCUT2D eigenvalue weighted by molar-refractivity contribution is 0.0950. The van der Waals surface area contributed by atoms with Crippen molar-refractivity contribution < 1.29 is 9.59 Å². The molecule has 0 spiro atoms. The topological polar surface area (TPSA) is 73.5 Å². The largest absolute Gasteiger partial charge is 0.348 e. The van der Waals surface area contributed by atoms with E-state index in [-0.39, 0.29) is 11.9 Å². The Bertz CT molecular complexity index is 827. The molecular weight excluding hydrogens is 364 g/mol. The van der Waals surface area contributed by atoms with E-state index in [1.807, 2.05) is 12.1 Å². The van der Waals surface area contributed by atoms with Gasteiger partial charge >= 0.3 is 6.03 Å². The summed E-state index contributed by atoms with van der Waals surface area (Å²) in [7, 11) is 0. The van der Waals surface area contributed by atoms with Crippen LogP contribution in [0, 0.1) is 0 Å². The third-order valence-electron chi connectivity index (χ3n) is 5.16. The van der Waals surface area contributed by atoms with Crippen molar-refractivity contribution in [2.45, 2.75) is 45.8 Å². The van der Waals surface area contributed by atoms with Crippen molar-refractivity contribution in [3.8, 4) is 0 Å². The van der Waals surface area contributed by atoms with E-state index in [1.54, 1.807) is 24.3 Å². The Labute approximate surface area is 172 Å². The van der Waals surface area contributed by atoms with Crippen molar-refractivity contribution in [3.05, 3.63) is 65.2 Å². The van der Waals surface area contributed by atoms with Crippen molar-refractivity contribution in [2.75, 3.05) is 18.4 Å².